The van der Waals surface area contributed by atoms with Gasteiger partial charge in [-0.05, 0) is 39.5 Å². The maximum absolute atomic E-state index is 13.1. The van der Waals surface area contributed by atoms with Crippen molar-refractivity contribution in [1.82, 2.24) is 14.9 Å². The zero-order chi connectivity index (χ0) is 17.8. The lowest BCUT2D eigenvalue weighted by atomic mass is 9.84. The van der Waals surface area contributed by atoms with Crippen molar-refractivity contribution >= 4 is 11.7 Å². The Morgan fingerprint density at radius 3 is 2.60 bits per heavy atom. The average Bonchev–Trinajstić information content (AvgIpc) is 3.14. The Morgan fingerprint density at radius 1 is 1.24 bits per heavy atom. The van der Waals surface area contributed by atoms with Gasteiger partial charge in [0, 0.05) is 44.1 Å². The molecule has 0 spiro atoms. The summed E-state index contributed by atoms with van der Waals surface area (Å²) in [5.74, 6) is 2.15. The fourth-order valence-corrected chi connectivity index (χ4v) is 3.61. The van der Waals surface area contributed by atoms with E-state index in [4.69, 9.17) is 4.74 Å². The molecule has 1 fully saturated rings. The SMILES string of the molecule is Cc1nc(C)c(C)c(NCC(C(=O)N2CC=CC2)C2CCOCC2)n1. The van der Waals surface area contributed by atoms with E-state index in [1.807, 2.05) is 25.7 Å². The van der Waals surface area contributed by atoms with Crippen LogP contribution in [0.25, 0.3) is 0 Å². The predicted molar refractivity (Wildman–Crippen MR) is 97.5 cm³/mol. The van der Waals surface area contributed by atoms with Crippen LogP contribution >= 0.6 is 0 Å². The van der Waals surface area contributed by atoms with Gasteiger partial charge < -0.3 is 15.0 Å². The highest BCUT2D eigenvalue weighted by Gasteiger charge is 2.33. The minimum atomic E-state index is -0.0428. The molecule has 1 amide bonds. The Balaban J connectivity index is 1.74. The summed E-state index contributed by atoms with van der Waals surface area (Å²) in [5.41, 5.74) is 2.03. The Kier molecular flexibility index (Phi) is 5.68. The lowest BCUT2D eigenvalue weighted by Gasteiger charge is -2.32. The zero-order valence-electron chi connectivity index (χ0n) is 15.4. The number of carbonyl (C=O) groups is 1. The smallest absolute Gasteiger partial charge is 0.228 e. The Hall–Kier alpha value is -1.95. The number of aromatic nitrogens is 2. The van der Waals surface area contributed by atoms with Gasteiger partial charge in [0.05, 0.1) is 5.92 Å². The molecule has 1 unspecified atom stereocenters. The summed E-state index contributed by atoms with van der Waals surface area (Å²) in [6.45, 7) is 9.46. The molecule has 0 bridgehead atoms. The summed E-state index contributed by atoms with van der Waals surface area (Å²) in [6, 6.07) is 0. The number of hydrogen-bond donors (Lipinski definition) is 1. The highest BCUT2D eigenvalue weighted by Crippen LogP contribution is 2.27. The minimum Gasteiger partial charge on any atom is -0.381 e. The molecule has 1 aromatic heterocycles. The molecule has 1 saturated heterocycles. The van der Waals surface area contributed by atoms with Gasteiger partial charge in [0.25, 0.3) is 0 Å². The van der Waals surface area contributed by atoms with Gasteiger partial charge in [0.2, 0.25) is 5.91 Å². The van der Waals surface area contributed by atoms with Gasteiger partial charge in [-0.15, -0.1) is 0 Å². The molecule has 6 heteroatoms. The first-order valence-electron chi connectivity index (χ1n) is 9.13. The molecule has 3 heterocycles. The fourth-order valence-electron chi connectivity index (χ4n) is 3.61. The van der Waals surface area contributed by atoms with Crippen LogP contribution in [0.5, 0.6) is 0 Å². The van der Waals surface area contributed by atoms with E-state index in [0.717, 1.165) is 62.0 Å². The normalized spacial score (nSPS) is 19.2. The van der Waals surface area contributed by atoms with Crippen molar-refractivity contribution in [2.24, 2.45) is 11.8 Å². The number of nitrogens with zero attached hydrogens (tertiary/aromatic N) is 3. The van der Waals surface area contributed by atoms with E-state index in [-0.39, 0.29) is 11.8 Å². The van der Waals surface area contributed by atoms with Crippen LogP contribution in [0.15, 0.2) is 12.2 Å². The Bertz CT molecular complexity index is 645. The van der Waals surface area contributed by atoms with Gasteiger partial charge in [-0.25, -0.2) is 9.97 Å². The lowest BCUT2D eigenvalue weighted by molar-refractivity contribution is -0.136. The first kappa shape index (κ1) is 17.9. The maximum atomic E-state index is 13.1. The third-order valence-corrected chi connectivity index (χ3v) is 5.27. The van der Waals surface area contributed by atoms with Gasteiger partial charge in [0.15, 0.2) is 0 Å². The third-order valence-electron chi connectivity index (χ3n) is 5.27. The lowest BCUT2D eigenvalue weighted by Crippen LogP contribution is -2.42. The summed E-state index contributed by atoms with van der Waals surface area (Å²) in [4.78, 5) is 23.9. The number of hydrogen-bond acceptors (Lipinski definition) is 5. The standard InChI is InChI=1S/C19H28N4O2/c1-13-14(2)21-15(3)22-18(13)20-12-17(16-6-10-25-11-7-16)19(24)23-8-4-5-9-23/h4-5,16-17H,6-12H2,1-3H3,(H,20,21,22). The first-order chi connectivity index (χ1) is 12.1. The van der Waals surface area contributed by atoms with Gasteiger partial charge in [-0.3, -0.25) is 4.79 Å². The predicted octanol–water partition coefficient (Wildman–Crippen LogP) is 2.25. The maximum Gasteiger partial charge on any atom is 0.228 e. The van der Waals surface area contributed by atoms with Crippen LogP contribution in [0.4, 0.5) is 5.82 Å². The van der Waals surface area contributed by atoms with E-state index < -0.39 is 0 Å². The van der Waals surface area contributed by atoms with Crippen molar-refractivity contribution in [3.05, 3.63) is 29.2 Å². The summed E-state index contributed by atoms with van der Waals surface area (Å²) in [6.07, 6.45) is 6.02. The molecule has 1 N–H and O–H groups in total. The van der Waals surface area contributed by atoms with Crippen molar-refractivity contribution in [3.63, 3.8) is 0 Å². The van der Waals surface area contributed by atoms with Crippen LogP contribution in [0.1, 0.15) is 29.9 Å². The van der Waals surface area contributed by atoms with Crippen molar-refractivity contribution in [2.45, 2.75) is 33.6 Å². The van der Waals surface area contributed by atoms with E-state index in [1.165, 1.54) is 0 Å². The number of rotatable bonds is 5. The molecular weight excluding hydrogens is 316 g/mol. The highest BCUT2D eigenvalue weighted by molar-refractivity contribution is 5.80. The van der Waals surface area contributed by atoms with Gasteiger partial charge in [-0.2, -0.15) is 0 Å². The number of anilines is 1. The number of nitrogens with one attached hydrogen (secondary N) is 1. The van der Waals surface area contributed by atoms with Gasteiger partial charge in [0.1, 0.15) is 11.6 Å². The molecular formula is C19H28N4O2. The molecule has 0 aliphatic carbocycles. The molecule has 3 rings (SSSR count). The minimum absolute atomic E-state index is 0.0428. The number of ether oxygens (including phenoxy) is 1. The van der Waals surface area contributed by atoms with E-state index in [9.17, 15) is 4.79 Å². The molecule has 0 radical (unpaired) electrons. The number of amides is 1. The molecule has 1 atom stereocenters. The van der Waals surface area contributed by atoms with Crippen LogP contribution in [0.3, 0.4) is 0 Å². The number of aryl methyl sites for hydroxylation is 2. The van der Waals surface area contributed by atoms with Crippen molar-refractivity contribution in [2.75, 3.05) is 38.2 Å². The van der Waals surface area contributed by atoms with Crippen molar-refractivity contribution in [1.29, 1.82) is 0 Å². The summed E-state index contributed by atoms with van der Waals surface area (Å²) in [5, 5.41) is 3.44. The molecule has 136 valence electrons. The van der Waals surface area contributed by atoms with E-state index in [0.29, 0.717) is 12.5 Å². The van der Waals surface area contributed by atoms with Crippen LogP contribution in [0, 0.1) is 32.6 Å². The molecule has 1 aromatic rings. The largest absolute Gasteiger partial charge is 0.381 e. The summed E-state index contributed by atoms with van der Waals surface area (Å²) in [7, 11) is 0. The molecule has 25 heavy (non-hydrogen) atoms. The Morgan fingerprint density at radius 2 is 1.92 bits per heavy atom. The summed E-state index contributed by atoms with van der Waals surface area (Å²) < 4.78 is 5.49. The number of carbonyl (C=O) groups excluding carboxylic acids is 1. The molecule has 0 aromatic carbocycles. The van der Waals surface area contributed by atoms with Gasteiger partial charge >= 0.3 is 0 Å². The third kappa shape index (κ3) is 4.18. The van der Waals surface area contributed by atoms with Gasteiger partial charge in [-0.1, -0.05) is 12.2 Å². The zero-order valence-corrected chi connectivity index (χ0v) is 15.4. The second-order valence-electron chi connectivity index (χ2n) is 6.98. The van der Waals surface area contributed by atoms with Crippen LogP contribution < -0.4 is 5.32 Å². The molecule has 2 aliphatic heterocycles. The molecule has 2 aliphatic rings. The van der Waals surface area contributed by atoms with Crippen LogP contribution in [-0.2, 0) is 9.53 Å². The second kappa shape index (κ2) is 7.95. The Labute approximate surface area is 149 Å². The topological polar surface area (TPSA) is 67.4 Å². The molecule has 6 nitrogen and oxygen atoms in total. The van der Waals surface area contributed by atoms with E-state index in [2.05, 4.69) is 27.4 Å². The summed E-state index contributed by atoms with van der Waals surface area (Å²) >= 11 is 0. The highest BCUT2D eigenvalue weighted by atomic mass is 16.5. The average molecular weight is 344 g/mol. The first-order valence-corrected chi connectivity index (χ1v) is 9.13. The second-order valence-corrected chi connectivity index (χ2v) is 6.98. The monoisotopic (exact) mass is 344 g/mol. The van der Waals surface area contributed by atoms with Crippen LogP contribution in [0.2, 0.25) is 0 Å². The van der Waals surface area contributed by atoms with Crippen molar-refractivity contribution in [3.8, 4) is 0 Å². The fraction of sp³-hybridized carbons (Fsp3) is 0.632. The molecule has 0 saturated carbocycles. The van der Waals surface area contributed by atoms with E-state index in [1.54, 1.807) is 0 Å². The quantitative estimate of drug-likeness (QED) is 0.830. The van der Waals surface area contributed by atoms with Crippen LogP contribution in [-0.4, -0.2) is 53.6 Å². The van der Waals surface area contributed by atoms with Crippen molar-refractivity contribution < 1.29 is 9.53 Å². The van der Waals surface area contributed by atoms with E-state index >= 15 is 0 Å².